The average molecular weight is 429 g/mol. The third kappa shape index (κ3) is 4.28. The van der Waals surface area contributed by atoms with Crippen molar-refractivity contribution in [2.45, 2.75) is 18.7 Å². The quantitative estimate of drug-likeness (QED) is 0.619. The lowest BCUT2D eigenvalue weighted by atomic mass is 10.1. The van der Waals surface area contributed by atoms with Gasteiger partial charge in [0.1, 0.15) is 0 Å². The van der Waals surface area contributed by atoms with Crippen LogP contribution in [0, 0.1) is 13.8 Å². The van der Waals surface area contributed by atoms with E-state index < -0.39 is 10.0 Å². The number of aryl methyl sites for hydroxylation is 1. The maximum absolute atomic E-state index is 12.8. The van der Waals surface area contributed by atoms with E-state index in [2.05, 4.69) is 5.32 Å². The summed E-state index contributed by atoms with van der Waals surface area (Å²) in [5, 5.41) is 3.02. The Kier molecular flexibility index (Phi) is 5.96. The van der Waals surface area contributed by atoms with Crippen LogP contribution in [0.2, 0.25) is 5.02 Å². The molecular weight excluding hydrogens is 408 g/mol. The van der Waals surface area contributed by atoms with Gasteiger partial charge in [-0.15, -0.1) is 0 Å². The molecule has 1 amide bonds. The summed E-state index contributed by atoms with van der Waals surface area (Å²) in [7, 11) is -2.28. The molecule has 5 nitrogen and oxygen atoms in total. The van der Waals surface area contributed by atoms with E-state index in [1.165, 1.54) is 31.3 Å². The van der Waals surface area contributed by atoms with Gasteiger partial charge in [-0.05, 0) is 61.4 Å². The van der Waals surface area contributed by atoms with Crippen molar-refractivity contribution in [3.63, 3.8) is 0 Å². The first-order valence-electron chi connectivity index (χ1n) is 8.93. The summed E-state index contributed by atoms with van der Waals surface area (Å²) in [6.45, 7) is 3.90. The van der Waals surface area contributed by atoms with Crippen molar-refractivity contribution in [3.8, 4) is 0 Å². The highest BCUT2D eigenvalue weighted by atomic mass is 35.5. The highest BCUT2D eigenvalue weighted by Crippen LogP contribution is 2.28. The van der Waals surface area contributed by atoms with Gasteiger partial charge >= 0.3 is 0 Å². The zero-order chi connectivity index (χ0) is 21.2. The second-order valence-electron chi connectivity index (χ2n) is 6.65. The number of amides is 1. The molecular formula is C22H21ClN2O3S. The molecule has 0 aromatic heterocycles. The minimum absolute atomic E-state index is 0.167. The van der Waals surface area contributed by atoms with Crippen molar-refractivity contribution in [2.24, 2.45) is 0 Å². The fourth-order valence-corrected chi connectivity index (χ4v) is 4.32. The van der Waals surface area contributed by atoms with Gasteiger partial charge < -0.3 is 5.32 Å². The van der Waals surface area contributed by atoms with E-state index in [9.17, 15) is 13.2 Å². The molecule has 0 saturated heterocycles. The molecule has 1 N–H and O–H groups in total. The molecule has 3 rings (SSSR count). The number of carbonyl (C=O) groups is 1. The number of sulfonamides is 1. The first kappa shape index (κ1) is 20.9. The van der Waals surface area contributed by atoms with Crippen LogP contribution >= 0.6 is 11.6 Å². The fourth-order valence-electron chi connectivity index (χ4n) is 2.85. The summed E-state index contributed by atoms with van der Waals surface area (Å²) in [4.78, 5) is 12.8. The maximum Gasteiger partial charge on any atom is 0.264 e. The van der Waals surface area contributed by atoms with Gasteiger partial charge in [-0.3, -0.25) is 9.10 Å². The fraction of sp³-hybridized carbons (Fsp3) is 0.136. The lowest BCUT2D eigenvalue weighted by molar-refractivity contribution is 0.102. The van der Waals surface area contributed by atoms with Crippen molar-refractivity contribution in [3.05, 3.63) is 88.4 Å². The van der Waals surface area contributed by atoms with E-state index in [-0.39, 0.29) is 21.4 Å². The van der Waals surface area contributed by atoms with E-state index in [0.29, 0.717) is 11.4 Å². The number of anilines is 2. The molecule has 0 aliphatic heterocycles. The van der Waals surface area contributed by atoms with Crippen molar-refractivity contribution in [2.75, 3.05) is 16.7 Å². The van der Waals surface area contributed by atoms with Gasteiger partial charge in [0.05, 0.1) is 21.2 Å². The Morgan fingerprint density at radius 1 is 0.966 bits per heavy atom. The predicted molar refractivity (Wildman–Crippen MR) is 117 cm³/mol. The van der Waals surface area contributed by atoms with E-state index in [1.807, 2.05) is 32.0 Å². The number of nitrogens with zero attached hydrogens (tertiary/aromatic N) is 1. The Morgan fingerprint density at radius 3 is 2.31 bits per heavy atom. The van der Waals surface area contributed by atoms with E-state index >= 15 is 0 Å². The Morgan fingerprint density at radius 2 is 1.66 bits per heavy atom. The smallest absolute Gasteiger partial charge is 0.264 e. The molecule has 0 fully saturated rings. The summed E-state index contributed by atoms with van der Waals surface area (Å²) in [6, 6.07) is 18.3. The van der Waals surface area contributed by atoms with Gasteiger partial charge in [0.15, 0.2) is 0 Å². The topological polar surface area (TPSA) is 66.5 Å². The van der Waals surface area contributed by atoms with Crippen molar-refractivity contribution >= 4 is 38.9 Å². The molecule has 0 atom stereocenters. The van der Waals surface area contributed by atoms with Crippen LogP contribution in [0.5, 0.6) is 0 Å². The Balaban J connectivity index is 1.86. The van der Waals surface area contributed by atoms with Gasteiger partial charge in [0.25, 0.3) is 15.9 Å². The molecule has 0 aliphatic rings. The van der Waals surface area contributed by atoms with Crippen LogP contribution < -0.4 is 9.62 Å². The molecule has 7 heteroatoms. The molecule has 0 saturated carbocycles. The molecule has 0 aliphatic carbocycles. The molecule has 0 bridgehead atoms. The monoisotopic (exact) mass is 428 g/mol. The third-order valence-corrected chi connectivity index (χ3v) is 6.93. The Labute approximate surface area is 176 Å². The van der Waals surface area contributed by atoms with Crippen molar-refractivity contribution in [1.82, 2.24) is 0 Å². The SMILES string of the molecule is Cc1cccc(NC(=O)c2ccc(N(C)S(=O)(=O)c3ccccc3)cc2Cl)c1C. The second-order valence-corrected chi connectivity index (χ2v) is 9.03. The molecule has 3 aromatic carbocycles. The Hall–Kier alpha value is -2.83. The molecule has 150 valence electrons. The number of halogens is 1. The Bertz CT molecular complexity index is 1160. The predicted octanol–water partition coefficient (Wildman–Crippen LogP) is 5.03. The molecule has 0 spiro atoms. The van der Waals surface area contributed by atoms with Gasteiger partial charge in [0.2, 0.25) is 0 Å². The van der Waals surface area contributed by atoms with Crippen molar-refractivity contribution in [1.29, 1.82) is 0 Å². The van der Waals surface area contributed by atoms with Gasteiger partial charge in [-0.2, -0.15) is 0 Å². The summed E-state index contributed by atoms with van der Waals surface area (Å²) >= 11 is 6.32. The van der Waals surface area contributed by atoms with E-state index in [4.69, 9.17) is 11.6 Å². The lowest BCUT2D eigenvalue weighted by Crippen LogP contribution is -2.26. The maximum atomic E-state index is 12.8. The zero-order valence-electron chi connectivity index (χ0n) is 16.3. The first-order chi connectivity index (χ1) is 13.7. The number of carbonyl (C=O) groups excluding carboxylic acids is 1. The lowest BCUT2D eigenvalue weighted by Gasteiger charge is -2.20. The molecule has 0 unspecified atom stereocenters. The normalized spacial score (nSPS) is 11.2. The van der Waals surface area contributed by atoms with Crippen LogP contribution in [-0.2, 0) is 10.0 Å². The minimum Gasteiger partial charge on any atom is -0.322 e. The number of rotatable bonds is 5. The van der Waals surface area contributed by atoms with Crippen LogP contribution in [0.15, 0.2) is 71.6 Å². The van der Waals surface area contributed by atoms with Crippen LogP contribution in [0.25, 0.3) is 0 Å². The summed E-state index contributed by atoms with van der Waals surface area (Å²) in [6.07, 6.45) is 0. The van der Waals surface area contributed by atoms with Crippen LogP contribution in [0.3, 0.4) is 0 Å². The minimum atomic E-state index is -3.73. The third-order valence-electron chi connectivity index (χ3n) is 4.82. The highest BCUT2D eigenvalue weighted by Gasteiger charge is 2.22. The van der Waals surface area contributed by atoms with Crippen LogP contribution in [0.4, 0.5) is 11.4 Å². The van der Waals surface area contributed by atoms with Gasteiger partial charge in [0, 0.05) is 12.7 Å². The number of nitrogens with one attached hydrogen (secondary N) is 1. The molecule has 0 radical (unpaired) electrons. The average Bonchev–Trinajstić information content (AvgIpc) is 2.71. The molecule has 29 heavy (non-hydrogen) atoms. The number of hydrogen-bond acceptors (Lipinski definition) is 3. The summed E-state index contributed by atoms with van der Waals surface area (Å²) in [5.74, 6) is -0.358. The highest BCUT2D eigenvalue weighted by molar-refractivity contribution is 7.92. The molecule has 0 heterocycles. The van der Waals surface area contributed by atoms with E-state index in [0.717, 1.165) is 15.4 Å². The number of benzene rings is 3. The van der Waals surface area contributed by atoms with Crippen LogP contribution in [0.1, 0.15) is 21.5 Å². The van der Waals surface area contributed by atoms with Crippen LogP contribution in [-0.4, -0.2) is 21.4 Å². The second kappa shape index (κ2) is 8.27. The largest absolute Gasteiger partial charge is 0.322 e. The number of hydrogen-bond donors (Lipinski definition) is 1. The van der Waals surface area contributed by atoms with E-state index in [1.54, 1.807) is 24.3 Å². The summed E-state index contributed by atoms with van der Waals surface area (Å²) < 4.78 is 26.7. The standard InChI is InChI=1S/C22H21ClN2O3S/c1-15-8-7-11-21(16(15)2)24-22(26)19-13-12-17(14-20(19)23)25(3)29(27,28)18-9-5-4-6-10-18/h4-14H,1-3H3,(H,24,26). The molecule has 3 aromatic rings. The summed E-state index contributed by atoms with van der Waals surface area (Å²) in [5.41, 5.74) is 3.38. The van der Waals surface area contributed by atoms with Gasteiger partial charge in [-0.25, -0.2) is 8.42 Å². The first-order valence-corrected chi connectivity index (χ1v) is 10.7. The zero-order valence-corrected chi connectivity index (χ0v) is 17.9. The van der Waals surface area contributed by atoms with Gasteiger partial charge in [-0.1, -0.05) is 41.9 Å². The van der Waals surface area contributed by atoms with Crippen molar-refractivity contribution < 1.29 is 13.2 Å².